The van der Waals surface area contributed by atoms with Gasteiger partial charge in [-0.05, 0) is 72.9 Å². The van der Waals surface area contributed by atoms with E-state index in [0.29, 0.717) is 0 Å². The second kappa shape index (κ2) is 5.65. The van der Waals surface area contributed by atoms with Crippen molar-refractivity contribution in [2.24, 2.45) is 0 Å². The van der Waals surface area contributed by atoms with Crippen molar-refractivity contribution in [1.29, 1.82) is 0 Å². The average molecular weight is 394 g/mol. The van der Waals surface area contributed by atoms with E-state index in [1.807, 2.05) is 0 Å². The molecule has 4 bridgehead atoms. The van der Waals surface area contributed by atoms with Crippen molar-refractivity contribution in [3.63, 3.8) is 0 Å². The molecule has 104 valence electrons. The Morgan fingerprint density at radius 3 is 1.30 bits per heavy atom. The van der Waals surface area contributed by atoms with Gasteiger partial charge in [0, 0.05) is 8.95 Å². The number of halogens is 2. The summed E-state index contributed by atoms with van der Waals surface area (Å²) in [4.78, 5) is 0. The largest absolute Gasteiger partial charge is 0.0584 e. The second-order valence-electron chi connectivity index (χ2n) is 5.65. The predicted octanol–water partition coefficient (Wildman–Crippen LogP) is 5.71. The van der Waals surface area contributed by atoms with Crippen LogP contribution < -0.4 is 0 Å². The van der Waals surface area contributed by atoms with Gasteiger partial charge in [0.15, 0.2) is 0 Å². The highest BCUT2D eigenvalue weighted by Crippen LogP contribution is 2.31. The third kappa shape index (κ3) is 2.48. The van der Waals surface area contributed by atoms with E-state index in [0.717, 1.165) is 25.7 Å². The Hall–Kier alpha value is -0.600. The molecule has 0 saturated carbocycles. The molecule has 2 heteroatoms. The highest BCUT2D eigenvalue weighted by atomic mass is 79.9. The molecule has 0 N–H and O–H groups in total. The van der Waals surface area contributed by atoms with Gasteiger partial charge in [0.2, 0.25) is 0 Å². The molecule has 0 aromatic heterocycles. The molecule has 0 aliphatic heterocycles. The van der Waals surface area contributed by atoms with Crippen LogP contribution in [0.4, 0.5) is 0 Å². The summed E-state index contributed by atoms with van der Waals surface area (Å²) in [5, 5.41) is 0. The minimum absolute atomic E-state index is 1.09. The van der Waals surface area contributed by atoms with Crippen LogP contribution >= 0.6 is 31.9 Å². The number of benzene rings is 2. The Labute approximate surface area is 137 Å². The summed E-state index contributed by atoms with van der Waals surface area (Å²) in [6.45, 7) is 4.47. The van der Waals surface area contributed by atoms with E-state index >= 15 is 0 Å². The van der Waals surface area contributed by atoms with Gasteiger partial charge in [-0.1, -0.05) is 56.1 Å². The lowest BCUT2D eigenvalue weighted by molar-refractivity contribution is 0.893. The molecule has 6 rings (SSSR count). The van der Waals surface area contributed by atoms with Crippen molar-refractivity contribution in [1.82, 2.24) is 0 Å². The first kappa shape index (κ1) is 14.3. The van der Waals surface area contributed by atoms with Crippen molar-refractivity contribution in [3.05, 3.63) is 66.6 Å². The molecular formula is C18H18Br2. The molecule has 0 radical (unpaired) electrons. The molecule has 4 aliphatic carbocycles. The second-order valence-corrected chi connectivity index (χ2v) is 7.23. The lowest BCUT2D eigenvalue weighted by Crippen LogP contribution is -2.04. The number of rotatable bonds is 0. The molecule has 4 aliphatic rings. The van der Waals surface area contributed by atoms with E-state index in [2.05, 4.69) is 70.0 Å². The first-order valence-corrected chi connectivity index (χ1v) is 8.70. The number of aryl methyl sites for hydroxylation is 4. The van der Waals surface area contributed by atoms with Gasteiger partial charge in [-0.25, -0.2) is 0 Å². The molecule has 0 saturated heterocycles. The van der Waals surface area contributed by atoms with Gasteiger partial charge in [-0.15, -0.1) is 0 Å². The summed E-state index contributed by atoms with van der Waals surface area (Å²) >= 11 is 7.59. The molecule has 0 atom stereocenters. The normalized spacial score (nSPS) is 14.2. The summed E-state index contributed by atoms with van der Waals surface area (Å²) in [7, 11) is 0. The third-order valence-corrected chi connectivity index (χ3v) is 6.69. The smallest absolute Gasteiger partial charge is 0.0239 e. The third-order valence-electron chi connectivity index (χ3n) is 4.48. The minimum Gasteiger partial charge on any atom is -0.0584 e. The zero-order chi connectivity index (χ0) is 14.3. The molecule has 0 unspecified atom stereocenters. The SMILES string of the molecule is Cc1c2ccc(c1Br)CCc1ccc(c(Br)c1C)CC2. The summed E-state index contributed by atoms with van der Waals surface area (Å²) in [6, 6.07) is 9.21. The van der Waals surface area contributed by atoms with Crippen molar-refractivity contribution < 1.29 is 0 Å². The maximum atomic E-state index is 3.80. The van der Waals surface area contributed by atoms with Crippen LogP contribution in [-0.2, 0) is 25.7 Å². The highest BCUT2D eigenvalue weighted by Gasteiger charge is 2.13. The molecule has 20 heavy (non-hydrogen) atoms. The highest BCUT2D eigenvalue weighted by molar-refractivity contribution is 9.10. The Kier molecular flexibility index (Phi) is 4.05. The van der Waals surface area contributed by atoms with Crippen LogP contribution in [0, 0.1) is 13.8 Å². The van der Waals surface area contributed by atoms with Gasteiger partial charge in [0.05, 0.1) is 0 Å². The summed E-state index contributed by atoms with van der Waals surface area (Å²) in [5.74, 6) is 0. The summed E-state index contributed by atoms with van der Waals surface area (Å²) in [6.07, 6.45) is 4.38. The zero-order valence-corrected chi connectivity index (χ0v) is 15.1. The van der Waals surface area contributed by atoms with Gasteiger partial charge in [0.25, 0.3) is 0 Å². The van der Waals surface area contributed by atoms with Gasteiger partial charge in [0.1, 0.15) is 0 Å². The van der Waals surface area contributed by atoms with Crippen LogP contribution in [0.5, 0.6) is 0 Å². The molecule has 2 aromatic rings. The predicted molar refractivity (Wildman–Crippen MR) is 92.6 cm³/mol. The number of hydrogen-bond donors (Lipinski definition) is 0. The van der Waals surface area contributed by atoms with Gasteiger partial charge in [-0.3, -0.25) is 0 Å². The first-order valence-electron chi connectivity index (χ1n) is 7.11. The molecule has 0 spiro atoms. The van der Waals surface area contributed by atoms with Crippen LogP contribution in [0.25, 0.3) is 0 Å². The van der Waals surface area contributed by atoms with E-state index in [1.165, 1.54) is 42.3 Å². The maximum Gasteiger partial charge on any atom is 0.0239 e. The van der Waals surface area contributed by atoms with Crippen LogP contribution in [0.1, 0.15) is 33.4 Å². The zero-order valence-electron chi connectivity index (χ0n) is 11.9. The monoisotopic (exact) mass is 392 g/mol. The number of hydrogen-bond acceptors (Lipinski definition) is 0. The van der Waals surface area contributed by atoms with E-state index in [4.69, 9.17) is 0 Å². The Balaban J connectivity index is 2.12. The summed E-state index contributed by atoms with van der Waals surface area (Å²) < 4.78 is 2.61. The van der Waals surface area contributed by atoms with E-state index in [-0.39, 0.29) is 0 Å². The van der Waals surface area contributed by atoms with Crippen molar-refractivity contribution >= 4 is 31.9 Å². The van der Waals surface area contributed by atoms with Crippen molar-refractivity contribution in [2.45, 2.75) is 39.5 Å². The fourth-order valence-corrected chi connectivity index (χ4v) is 4.20. The van der Waals surface area contributed by atoms with Crippen LogP contribution in [0.3, 0.4) is 0 Å². The van der Waals surface area contributed by atoms with Crippen molar-refractivity contribution in [2.75, 3.05) is 0 Å². The molecule has 0 fully saturated rings. The van der Waals surface area contributed by atoms with Gasteiger partial charge in [-0.2, -0.15) is 0 Å². The molecule has 2 aromatic carbocycles. The Morgan fingerprint density at radius 1 is 0.600 bits per heavy atom. The maximum absolute atomic E-state index is 3.80. The van der Waals surface area contributed by atoms with Crippen LogP contribution in [-0.4, -0.2) is 0 Å². The van der Waals surface area contributed by atoms with E-state index in [9.17, 15) is 0 Å². The fraction of sp³-hybridized carbons (Fsp3) is 0.333. The average Bonchev–Trinajstić information content (AvgIpc) is 2.43. The minimum atomic E-state index is 1.09. The molecule has 0 nitrogen and oxygen atoms in total. The molecule has 0 heterocycles. The fourth-order valence-electron chi connectivity index (χ4n) is 3.03. The standard InChI is InChI=1S/C18H18Br2/c1-11-13-3-7-15(17(11)19)10-6-14-4-8-16(9-5-13)18(20)12(14)2/h3-4,7-8H,5-6,9-10H2,1-2H3. The van der Waals surface area contributed by atoms with Gasteiger partial charge < -0.3 is 0 Å². The Morgan fingerprint density at radius 2 is 0.900 bits per heavy atom. The molecular weight excluding hydrogens is 376 g/mol. The van der Waals surface area contributed by atoms with Crippen LogP contribution in [0.2, 0.25) is 0 Å². The first-order chi connectivity index (χ1) is 9.58. The van der Waals surface area contributed by atoms with Crippen LogP contribution in [0.15, 0.2) is 33.2 Å². The van der Waals surface area contributed by atoms with E-state index < -0.39 is 0 Å². The Bertz CT molecular complexity index is 554. The lowest BCUT2D eigenvalue weighted by atomic mass is 9.92. The summed E-state index contributed by atoms with van der Waals surface area (Å²) in [5.41, 5.74) is 8.57. The quantitative estimate of drug-likeness (QED) is 0.537. The van der Waals surface area contributed by atoms with E-state index in [1.54, 1.807) is 0 Å². The topological polar surface area (TPSA) is 0 Å². The lowest BCUT2D eigenvalue weighted by Gasteiger charge is -2.17. The van der Waals surface area contributed by atoms with Gasteiger partial charge >= 0.3 is 0 Å². The van der Waals surface area contributed by atoms with Crippen molar-refractivity contribution in [3.8, 4) is 0 Å². The molecule has 0 amide bonds.